The maximum absolute atomic E-state index is 14.0. The van der Waals surface area contributed by atoms with Crippen molar-refractivity contribution >= 4 is 11.7 Å². The fraction of sp³-hybridized carbons (Fsp3) is 0.528. The number of carbonyl (C=O) groups is 2. The second-order valence-corrected chi connectivity index (χ2v) is 13.1. The highest BCUT2D eigenvalue weighted by atomic mass is 19.4. The molecule has 2 aliphatic rings. The Labute approximate surface area is 267 Å². The average Bonchev–Trinajstić information content (AvgIpc) is 3.02. The first kappa shape index (κ1) is 35.5. The van der Waals surface area contributed by atoms with E-state index in [1.807, 2.05) is 38.1 Å². The largest absolute Gasteiger partial charge is 0.456 e. The fourth-order valence-corrected chi connectivity index (χ4v) is 6.53. The average molecular weight is 647 g/mol. The molecule has 0 saturated heterocycles. The van der Waals surface area contributed by atoms with Crippen LogP contribution in [0.1, 0.15) is 99.5 Å². The van der Waals surface area contributed by atoms with E-state index in [4.69, 9.17) is 0 Å². The second kappa shape index (κ2) is 14.6. The molecule has 0 saturated carbocycles. The Bertz CT molecular complexity index is 1430. The molecule has 0 radical (unpaired) electrons. The number of alkyl halides is 5. The van der Waals surface area contributed by atoms with Gasteiger partial charge in [0.15, 0.2) is 5.78 Å². The van der Waals surface area contributed by atoms with Crippen LogP contribution >= 0.6 is 0 Å². The first-order valence-corrected chi connectivity index (χ1v) is 16.0. The molecule has 0 spiro atoms. The lowest BCUT2D eigenvalue weighted by molar-refractivity contribution is -0.339. The standard InChI is InChI=1S/C36H43F5N2O3/c1-23(15-17-34(3,46)35(37,38)36(39,40)41)24(2)20-32(31-8-4-7-28-21-29(44)13-14-30(28)31)26-9-11-27(12-10-26)33(45)43-19-16-25-6-5-18-42-22-25/h5-6,9-12,18,21-24,32,46H,4,7-8,13-17,19-20H2,1-3H3,(H,43,45)/t23-,24?,32-,34?/m1/s1. The minimum Gasteiger partial charge on any atom is -0.384 e. The summed E-state index contributed by atoms with van der Waals surface area (Å²) in [6.45, 7) is 4.76. The zero-order chi connectivity index (χ0) is 33.7. The van der Waals surface area contributed by atoms with E-state index in [2.05, 4.69) is 10.3 Å². The summed E-state index contributed by atoms with van der Waals surface area (Å²) >= 11 is 0. The van der Waals surface area contributed by atoms with Gasteiger partial charge in [0.25, 0.3) is 5.91 Å². The predicted octanol–water partition coefficient (Wildman–Crippen LogP) is 8.30. The molecule has 0 aliphatic heterocycles. The van der Waals surface area contributed by atoms with Crippen LogP contribution in [-0.2, 0) is 11.2 Å². The molecular weight excluding hydrogens is 603 g/mol. The van der Waals surface area contributed by atoms with Crippen LogP contribution in [0.4, 0.5) is 22.0 Å². The van der Waals surface area contributed by atoms with E-state index in [1.54, 1.807) is 30.6 Å². The van der Waals surface area contributed by atoms with Crippen LogP contribution < -0.4 is 5.32 Å². The number of benzene rings is 1. The van der Waals surface area contributed by atoms with Crippen molar-refractivity contribution in [2.24, 2.45) is 11.8 Å². The van der Waals surface area contributed by atoms with Crippen LogP contribution in [0.15, 0.2) is 71.6 Å². The van der Waals surface area contributed by atoms with Crippen molar-refractivity contribution < 1.29 is 36.6 Å². The summed E-state index contributed by atoms with van der Waals surface area (Å²) in [6, 6.07) is 11.2. The Hall–Kier alpha value is -3.40. The molecule has 4 rings (SSSR count). The van der Waals surface area contributed by atoms with Gasteiger partial charge in [0, 0.05) is 36.8 Å². The van der Waals surface area contributed by atoms with Crippen molar-refractivity contribution in [2.45, 2.75) is 102 Å². The number of hydrogen-bond donors (Lipinski definition) is 2. The summed E-state index contributed by atoms with van der Waals surface area (Å²) in [5, 5.41) is 13.1. The molecule has 2 aliphatic carbocycles. The van der Waals surface area contributed by atoms with Gasteiger partial charge in [0.05, 0.1) is 0 Å². The van der Waals surface area contributed by atoms with E-state index >= 15 is 0 Å². The first-order valence-electron chi connectivity index (χ1n) is 16.0. The van der Waals surface area contributed by atoms with Gasteiger partial charge in [-0.15, -0.1) is 0 Å². The van der Waals surface area contributed by atoms with Crippen LogP contribution in [0.5, 0.6) is 0 Å². The number of aliphatic hydroxyl groups is 1. The summed E-state index contributed by atoms with van der Waals surface area (Å²) in [6.07, 6.45) is 3.47. The summed E-state index contributed by atoms with van der Waals surface area (Å²) in [5.74, 6) is -5.77. The Morgan fingerprint density at radius 1 is 1.00 bits per heavy atom. The number of amides is 1. The highest BCUT2D eigenvalue weighted by molar-refractivity contribution is 5.94. The zero-order valence-corrected chi connectivity index (χ0v) is 26.6. The van der Waals surface area contributed by atoms with Crippen LogP contribution in [0, 0.1) is 11.8 Å². The molecule has 1 aromatic heterocycles. The maximum Gasteiger partial charge on any atom is 0.456 e. The highest BCUT2D eigenvalue weighted by Crippen LogP contribution is 2.47. The van der Waals surface area contributed by atoms with Crippen LogP contribution in [0.2, 0.25) is 0 Å². The smallest absolute Gasteiger partial charge is 0.384 e. The quantitative estimate of drug-likeness (QED) is 0.215. The number of nitrogens with one attached hydrogen (secondary N) is 1. The third-order valence-corrected chi connectivity index (χ3v) is 9.74. The number of halogens is 5. The number of carbonyl (C=O) groups excluding carboxylic acids is 2. The lowest BCUT2D eigenvalue weighted by Crippen LogP contribution is -2.55. The lowest BCUT2D eigenvalue weighted by Gasteiger charge is -2.36. The molecule has 1 heterocycles. The van der Waals surface area contributed by atoms with Crippen molar-refractivity contribution in [1.29, 1.82) is 0 Å². The third kappa shape index (κ3) is 8.30. The number of aromatic nitrogens is 1. The molecule has 46 heavy (non-hydrogen) atoms. The monoisotopic (exact) mass is 646 g/mol. The molecule has 0 bridgehead atoms. The first-order chi connectivity index (χ1) is 21.6. The minimum atomic E-state index is -5.85. The van der Waals surface area contributed by atoms with Crippen LogP contribution in [-0.4, -0.2) is 46.0 Å². The van der Waals surface area contributed by atoms with Gasteiger partial charge in [0.2, 0.25) is 0 Å². The molecule has 2 N–H and O–H groups in total. The number of rotatable bonds is 13. The molecule has 1 amide bonds. The molecule has 2 unspecified atom stereocenters. The van der Waals surface area contributed by atoms with Crippen molar-refractivity contribution in [3.05, 3.63) is 88.3 Å². The van der Waals surface area contributed by atoms with Crippen molar-refractivity contribution in [3.63, 3.8) is 0 Å². The normalized spacial score (nSPS) is 19.1. The zero-order valence-electron chi connectivity index (χ0n) is 26.6. The van der Waals surface area contributed by atoms with Gasteiger partial charge in [-0.2, -0.15) is 22.0 Å². The van der Waals surface area contributed by atoms with E-state index in [0.29, 0.717) is 44.7 Å². The molecule has 4 atom stereocenters. The number of fused-ring (bicyclic) bond motifs is 1. The Morgan fingerprint density at radius 2 is 1.72 bits per heavy atom. The van der Waals surface area contributed by atoms with Gasteiger partial charge < -0.3 is 10.4 Å². The summed E-state index contributed by atoms with van der Waals surface area (Å²) in [4.78, 5) is 29.1. The van der Waals surface area contributed by atoms with Crippen molar-refractivity contribution in [2.75, 3.05) is 6.54 Å². The summed E-state index contributed by atoms with van der Waals surface area (Å²) < 4.78 is 67.0. The van der Waals surface area contributed by atoms with Crippen LogP contribution in [0.3, 0.4) is 0 Å². The summed E-state index contributed by atoms with van der Waals surface area (Å²) in [7, 11) is 0. The fourth-order valence-electron chi connectivity index (χ4n) is 6.53. The second-order valence-electron chi connectivity index (χ2n) is 13.1. The number of ketones is 1. The number of hydrogen-bond acceptors (Lipinski definition) is 4. The summed E-state index contributed by atoms with van der Waals surface area (Å²) in [5.41, 5.74) is 2.72. The van der Waals surface area contributed by atoms with Gasteiger partial charge in [0.1, 0.15) is 5.60 Å². The van der Waals surface area contributed by atoms with Gasteiger partial charge in [-0.05, 0) is 117 Å². The maximum atomic E-state index is 14.0. The van der Waals surface area contributed by atoms with Gasteiger partial charge >= 0.3 is 12.1 Å². The van der Waals surface area contributed by atoms with Crippen molar-refractivity contribution in [1.82, 2.24) is 10.3 Å². The highest BCUT2D eigenvalue weighted by Gasteiger charge is 2.67. The molecular formula is C36H43F5N2O3. The van der Waals surface area contributed by atoms with Crippen molar-refractivity contribution in [3.8, 4) is 0 Å². The molecule has 10 heteroatoms. The van der Waals surface area contributed by atoms with E-state index in [0.717, 1.165) is 36.0 Å². The van der Waals surface area contributed by atoms with Crippen LogP contribution in [0.25, 0.3) is 0 Å². The Balaban J connectivity index is 1.52. The van der Waals surface area contributed by atoms with Gasteiger partial charge in [-0.25, -0.2) is 0 Å². The predicted molar refractivity (Wildman–Crippen MR) is 166 cm³/mol. The molecule has 0 fully saturated rings. The Morgan fingerprint density at radius 3 is 2.37 bits per heavy atom. The SMILES string of the molecule is CC(C[C@@H](C1=C2CCC(=O)C=C2CCC1)c1ccc(C(=O)NCCc2cccnc2)cc1)[C@H](C)CCC(C)(O)C(F)(F)C(F)(F)F. The van der Waals surface area contributed by atoms with Gasteiger partial charge in [-0.3, -0.25) is 14.6 Å². The van der Waals surface area contributed by atoms with Gasteiger partial charge in [-0.1, -0.05) is 37.6 Å². The molecule has 5 nitrogen and oxygen atoms in total. The Kier molecular flexibility index (Phi) is 11.2. The third-order valence-electron chi connectivity index (χ3n) is 9.74. The van der Waals surface area contributed by atoms with E-state index < -0.39 is 24.1 Å². The molecule has 1 aromatic carbocycles. The van der Waals surface area contributed by atoms with E-state index in [1.165, 1.54) is 11.1 Å². The van der Waals surface area contributed by atoms with E-state index in [9.17, 15) is 36.6 Å². The topological polar surface area (TPSA) is 79.3 Å². The molecule has 2 aromatic rings. The lowest BCUT2D eigenvalue weighted by atomic mass is 9.71. The number of pyridine rings is 1. The minimum absolute atomic E-state index is 0.0176. The number of nitrogens with zero attached hydrogens (tertiary/aromatic N) is 1. The number of allylic oxidation sites excluding steroid dienone is 4. The molecule has 250 valence electrons. The van der Waals surface area contributed by atoms with E-state index in [-0.39, 0.29) is 35.9 Å².